The largest absolute Gasteiger partial charge is 0.480 e. The zero-order valence-electron chi connectivity index (χ0n) is 12.6. The van der Waals surface area contributed by atoms with Crippen LogP contribution in [0.5, 0.6) is 0 Å². The van der Waals surface area contributed by atoms with Gasteiger partial charge in [0.15, 0.2) is 0 Å². The zero-order chi connectivity index (χ0) is 15.4. The van der Waals surface area contributed by atoms with E-state index in [2.05, 4.69) is 5.32 Å². The Morgan fingerprint density at radius 1 is 1.35 bits per heavy atom. The fourth-order valence-corrected chi connectivity index (χ4v) is 2.76. The fourth-order valence-electron chi connectivity index (χ4n) is 2.76. The van der Waals surface area contributed by atoms with Crippen LogP contribution in [0.1, 0.15) is 52.4 Å². The number of urea groups is 1. The van der Waals surface area contributed by atoms with Crippen LogP contribution in [-0.4, -0.2) is 51.8 Å². The van der Waals surface area contributed by atoms with E-state index in [9.17, 15) is 19.8 Å². The SMILES string of the molecule is CCCC(C)(NC(=O)N(C)CC1(O)CCCC1)C(=O)O. The summed E-state index contributed by atoms with van der Waals surface area (Å²) in [4.78, 5) is 24.8. The Morgan fingerprint density at radius 3 is 2.35 bits per heavy atom. The number of carbonyl (C=O) groups excluding carboxylic acids is 1. The summed E-state index contributed by atoms with van der Waals surface area (Å²) in [6.45, 7) is 3.62. The molecule has 2 amide bonds. The van der Waals surface area contributed by atoms with E-state index in [-0.39, 0.29) is 6.54 Å². The van der Waals surface area contributed by atoms with Crippen molar-refractivity contribution in [3.05, 3.63) is 0 Å². The van der Waals surface area contributed by atoms with E-state index in [0.717, 1.165) is 12.8 Å². The summed E-state index contributed by atoms with van der Waals surface area (Å²) in [6, 6.07) is -0.455. The molecule has 0 radical (unpaired) electrons. The maximum absolute atomic E-state index is 12.1. The first-order valence-corrected chi connectivity index (χ1v) is 7.21. The van der Waals surface area contributed by atoms with Gasteiger partial charge < -0.3 is 20.4 Å². The van der Waals surface area contributed by atoms with Crippen molar-refractivity contribution in [3.8, 4) is 0 Å². The number of carboxylic acid groups (broad SMARTS) is 1. The van der Waals surface area contributed by atoms with E-state index in [1.807, 2.05) is 6.92 Å². The molecular formula is C14H26N2O4. The van der Waals surface area contributed by atoms with Crippen molar-refractivity contribution in [2.45, 2.75) is 63.5 Å². The van der Waals surface area contributed by atoms with Gasteiger partial charge in [0.1, 0.15) is 5.54 Å². The van der Waals surface area contributed by atoms with Gasteiger partial charge in [0.05, 0.1) is 12.1 Å². The minimum absolute atomic E-state index is 0.237. The van der Waals surface area contributed by atoms with Crippen LogP contribution in [0.25, 0.3) is 0 Å². The first-order chi connectivity index (χ1) is 9.22. The Labute approximate surface area is 120 Å². The van der Waals surface area contributed by atoms with Gasteiger partial charge in [-0.3, -0.25) is 0 Å². The number of likely N-dealkylation sites (N-methyl/N-ethyl adjacent to an activating group) is 1. The molecule has 20 heavy (non-hydrogen) atoms. The van der Waals surface area contributed by atoms with Crippen molar-refractivity contribution < 1.29 is 19.8 Å². The Kier molecular flexibility index (Phi) is 5.39. The lowest BCUT2D eigenvalue weighted by molar-refractivity contribution is -0.144. The standard InChI is InChI=1S/C14H26N2O4/c1-4-7-13(2,11(17)18)15-12(19)16(3)10-14(20)8-5-6-9-14/h20H,4-10H2,1-3H3,(H,15,19)(H,17,18). The summed E-state index contributed by atoms with van der Waals surface area (Å²) in [5.74, 6) is -1.04. The molecule has 0 saturated heterocycles. The van der Waals surface area contributed by atoms with Gasteiger partial charge in [0, 0.05) is 7.05 Å². The Morgan fingerprint density at radius 2 is 1.90 bits per heavy atom. The zero-order valence-corrected chi connectivity index (χ0v) is 12.6. The maximum atomic E-state index is 12.1. The predicted molar refractivity (Wildman–Crippen MR) is 75.5 cm³/mol. The predicted octanol–water partition coefficient (Wildman–Crippen LogP) is 1.58. The van der Waals surface area contributed by atoms with Crippen molar-refractivity contribution in [3.63, 3.8) is 0 Å². The molecule has 1 fully saturated rings. The van der Waals surface area contributed by atoms with Gasteiger partial charge in [-0.1, -0.05) is 26.2 Å². The number of rotatable bonds is 6. The number of amides is 2. The molecule has 0 aromatic rings. The lowest BCUT2D eigenvalue weighted by Gasteiger charge is -2.32. The molecular weight excluding hydrogens is 260 g/mol. The topological polar surface area (TPSA) is 89.9 Å². The lowest BCUT2D eigenvalue weighted by atomic mass is 9.96. The van der Waals surface area contributed by atoms with Crippen molar-refractivity contribution >= 4 is 12.0 Å². The van der Waals surface area contributed by atoms with E-state index < -0.39 is 23.1 Å². The number of aliphatic hydroxyl groups is 1. The van der Waals surface area contributed by atoms with Crippen molar-refractivity contribution in [2.24, 2.45) is 0 Å². The molecule has 1 saturated carbocycles. The second-order valence-electron chi connectivity index (χ2n) is 6.10. The third kappa shape index (κ3) is 4.10. The van der Waals surface area contributed by atoms with Crippen molar-refractivity contribution in [2.75, 3.05) is 13.6 Å². The monoisotopic (exact) mass is 286 g/mol. The summed E-state index contributed by atoms with van der Waals surface area (Å²) in [5.41, 5.74) is -2.09. The van der Waals surface area contributed by atoms with E-state index in [1.165, 1.54) is 11.8 Å². The second kappa shape index (κ2) is 6.43. The molecule has 116 valence electrons. The third-order valence-electron chi connectivity index (χ3n) is 4.02. The first-order valence-electron chi connectivity index (χ1n) is 7.21. The van der Waals surface area contributed by atoms with Gasteiger partial charge in [-0.2, -0.15) is 0 Å². The van der Waals surface area contributed by atoms with Crippen LogP contribution in [-0.2, 0) is 4.79 Å². The number of nitrogens with one attached hydrogen (secondary N) is 1. The normalized spacial score (nSPS) is 20.2. The Bertz CT molecular complexity index is 366. The Hall–Kier alpha value is -1.30. The molecule has 1 rings (SSSR count). The molecule has 1 aliphatic carbocycles. The molecule has 0 spiro atoms. The summed E-state index contributed by atoms with van der Waals surface area (Å²) < 4.78 is 0. The molecule has 1 unspecified atom stereocenters. The number of hydrogen-bond donors (Lipinski definition) is 3. The minimum atomic E-state index is -1.27. The molecule has 6 heteroatoms. The van der Waals surface area contributed by atoms with E-state index in [0.29, 0.717) is 25.7 Å². The van der Waals surface area contributed by atoms with E-state index >= 15 is 0 Å². The molecule has 1 atom stereocenters. The van der Waals surface area contributed by atoms with Crippen LogP contribution in [0.4, 0.5) is 4.79 Å². The smallest absolute Gasteiger partial charge is 0.329 e. The van der Waals surface area contributed by atoms with Crippen LogP contribution in [0.3, 0.4) is 0 Å². The Balaban J connectivity index is 2.62. The number of aliphatic carboxylic acids is 1. The second-order valence-corrected chi connectivity index (χ2v) is 6.10. The van der Waals surface area contributed by atoms with Crippen LogP contribution in [0, 0.1) is 0 Å². The average molecular weight is 286 g/mol. The number of carbonyl (C=O) groups is 2. The summed E-state index contributed by atoms with van der Waals surface area (Å²) in [6.07, 6.45) is 4.34. The molecule has 0 aromatic carbocycles. The highest BCUT2D eigenvalue weighted by molar-refractivity contribution is 5.85. The highest BCUT2D eigenvalue weighted by Gasteiger charge is 2.37. The number of nitrogens with zero attached hydrogens (tertiary/aromatic N) is 1. The van der Waals surface area contributed by atoms with Gasteiger partial charge in [0.2, 0.25) is 0 Å². The summed E-state index contributed by atoms with van der Waals surface area (Å²) in [5, 5.41) is 22.1. The van der Waals surface area contributed by atoms with Gasteiger partial charge in [-0.05, 0) is 26.2 Å². The molecule has 3 N–H and O–H groups in total. The van der Waals surface area contributed by atoms with Gasteiger partial charge in [0.25, 0.3) is 0 Å². The van der Waals surface area contributed by atoms with E-state index in [4.69, 9.17) is 0 Å². The average Bonchev–Trinajstić information content (AvgIpc) is 2.75. The minimum Gasteiger partial charge on any atom is -0.480 e. The van der Waals surface area contributed by atoms with Crippen LogP contribution >= 0.6 is 0 Å². The highest BCUT2D eigenvalue weighted by Crippen LogP contribution is 2.30. The highest BCUT2D eigenvalue weighted by atomic mass is 16.4. The molecule has 0 heterocycles. The molecule has 1 aliphatic rings. The van der Waals surface area contributed by atoms with Crippen molar-refractivity contribution in [1.82, 2.24) is 10.2 Å². The van der Waals surface area contributed by atoms with Gasteiger partial charge in [-0.15, -0.1) is 0 Å². The number of hydrogen-bond acceptors (Lipinski definition) is 3. The fraction of sp³-hybridized carbons (Fsp3) is 0.857. The quantitative estimate of drug-likeness (QED) is 0.691. The van der Waals surface area contributed by atoms with Crippen LogP contribution in [0.2, 0.25) is 0 Å². The molecule has 0 aliphatic heterocycles. The first kappa shape index (κ1) is 16.8. The number of carboxylic acids is 1. The summed E-state index contributed by atoms with van der Waals surface area (Å²) >= 11 is 0. The van der Waals surface area contributed by atoms with E-state index in [1.54, 1.807) is 7.05 Å². The molecule has 6 nitrogen and oxygen atoms in total. The molecule has 0 bridgehead atoms. The van der Waals surface area contributed by atoms with Crippen LogP contribution in [0.15, 0.2) is 0 Å². The molecule has 0 aromatic heterocycles. The maximum Gasteiger partial charge on any atom is 0.329 e. The van der Waals surface area contributed by atoms with Crippen LogP contribution < -0.4 is 5.32 Å². The lowest BCUT2D eigenvalue weighted by Crippen LogP contribution is -2.57. The van der Waals surface area contributed by atoms with Crippen molar-refractivity contribution in [1.29, 1.82) is 0 Å². The summed E-state index contributed by atoms with van der Waals surface area (Å²) in [7, 11) is 1.58. The van der Waals surface area contributed by atoms with Gasteiger partial charge in [-0.25, -0.2) is 9.59 Å². The third-order valence-corrected chi connectivity index (χ3v) is 4.02. The van der Waals surface area contributed by atoms with Gasteiger partial charge >= 0.3 is 12.0 Å².